The summed E-state index contributed by atoms with van der Waals surface area (Å²) in [6.45, 7) is 6.92. The van der Waals surface area contributed by atoms with E-state index in [1.165, 1.54) is 38.6 Å². The van der Waals surface area contributed by atoms with Crippen molar-refractivity contribution in [3.8, 4) is 11.1 Å². The minimum atomic E-state index is 0.231. The van der Waals surface area contributed by atoms with Crippen LogP contribution < -0.4 is 0 Å². The van der Waals surface area contributed by atoms with Crippen molar-refractivity contribution in [1.29, 1.82) is 0 Å². The highest BCUT2D eigenvalue weighted by atomic mass is 14.3. The maximum atomic E-state index is 2.42. The first kappa shape index (κ1) is 14.3. The molecule has 0 saturated heterocycles. The Bertz CT molecular complexity index is 915. The van der Waals surface area contributed by atoms with Gasteiger partial charge in [-0.15, -0.1) is 0 Å². The Morgan fingerprint density at radius 1 is 0.739 bits per heavy atom. The Hall–Kier alpha value is -2.34. The number of allylic oxidation sites excluding steroid dienone is 1. The quantitative estimate of drug-likeness (QED) is 0.481. The van der Waals surface area contributed by atoms with Crippen LogP contribution in [0, 0.1) is 5.41 Å². The van der Waals surface area contributed by atoms with Crippen molar-refractivity contribution in [2.24, 2.45) is 5.41 Å². The van der Waals surface area contributed by atoms with Crippen LogP contribution in [-0.4, -0.2) is 0 Å². The fourth-order valence-corrected chi connectivity index (χ4v) is 3.54. The molecule has 0 fully saturated rings. The Balaban J connectivity index is 1.95. The number of rotatable bonds is 1. The van der Waals surface area contributed by atoms with E-state index in [0.29, 0.717) is 0 Å². The zero-order chi connectivity index (χ0) is 16.0. The van der Waals surface area contributed by atoms with Crippen molar-refractivity contribution in [3.63, 3.8) is 0 Å². The van der Waals surface area contributed by atoms with Gasteiger partial charge in [0.15, 0.2) is 0 Å². The molecule has 4 rings (SSSR count). The first-order valence-corrected chi connectivity index (χ1v) is 8.35. The standard InChI is InChI=1S/C23H22/c1-23(2,3)18-14-17-10-7-13-21(22(17)15-18)20-12-6-9-16-8-4-5-11-19(16)20/h4-13,15H,14H2,1-3H3. The number of benzene rings is 3. The van der Waals surface area contributed by atoms with Gasteiger partial charge in [-0.3, -0.25) is 0 Å². The van der Waals surface area contributed by atoms with E-state index in [4.69, 9.17) is 0 Å². The molecule has 0 bridgehead atoms. The summed E-state index contributed by atoms with van der Waals surface area (Å²) in [4.78, 5) is 0. The zero-order valence-electron chi connectivity index (χ0n) is 14.1. The van der Waals surface area contributed by atoms with Crippen LogP contribution in [0.2, 0.25) is 0 Å². The smallest absolute Gasteiger partial charge is 0.00523 e. The fraction of sp³-hybridized carbons (Fsp3) is 0.217. The van der Waals surface area contributed by atoms with Crippen molar-refractivity contribution in [3.05, 3.63) is 77.4 Å². The second-order valence-corrected chi connectivity index (χ2v) is 7.50. The molecule has 114 valence electrons. The van der Waals surface area contributed by atoms with Gasteiger partial charge in [0.2, 0.25) is 0 Å². The molecule has 0 nitrogen and oxygen atoms in total. The van der Waals surface area contributed by atoms with E-state index in [0.717, 1.165) is 6.42 Å². The summed E-state index contributed by atoms with van der Waals surface area (Å²) in [5.41, 5.74) is 7.33. The average Bonchev–Trinajstić information content (AvgIpc) is 2.99. The summed E-state index contributed by atoms with van der Waals surface area (Å²) in [7, 11) is 0. The second kappa shape index (κ2) is 5.09. The molecule has 0 heterocycles. The van der Waals surface area contributed by atoms with Crippen molar-refractivity contribution in [2.75, 3.05) is 0 Å². The Morgan fingerprint density at radius 2 is 1.43 bits per heavy atom. The summed E-state index contributed by atoms with van der Waals surface area (Å²) >= 11 is 0. The number of hydrogen-bond acceptors (Lipinski definition) is 0. The third-order valence-corrected chi connectivity index (χ3v) is 4.94. The van der Waals surface area contributed by atoms with Crippen molar-refractivity contribution >= 4 is 16.8 Å². The lowest BCUT2D eigenvalue weighted by Gasteiger charge is -2.19. The second-order valence-electron chi connectivity index (χ2n) is 7.50. The minimum absolute atomic E-state index is 0.231. The highest BCUT2D eigenvalue weighted by Crippen LogP contribution is 2.41. The molecule has 0 atom stereocenters. The van der Waals surface area contributed by atoms with Gasteiger partial charge in [-0.1, -0.05) is 93.1 Å². The van der Waals surface area contributed by atoms with Gasteiger partial charge >= 0.3 is 0 Å². The number of hydrogen-bond donors (Lipinski definition) is 0. The van der Waals surface area contributed by atoms with E-state index < -0.39 is 0 Å². The van der Waals surface area contributed by atoms with E-state index in [9.17, 15) is 0 Å². The average molecular weight is 298 g/mol. The van der Waals surface area contributed by atoms with Gasteiger partial charge < -0.3 is 0 Å². The Morgan fingerprint density at radius 3 is 2.26 bits per heavy atom. The van der Waals surface area contributed by atoms with Gasteiger partial charge in [0.25, 0.3) is 0 Å². The third-order valence-electron chi connectivity index (χ3n) is 4.94. The molecule has 0 spiro atoms. The molecule has 0 unspecified atom stereocenters. The molecule has 1 aliphatic carbocycles. The van der Waals surface area contributed by atoms with E-state index in [1.54, 1.807) is 0 Å². The summed E-state index contributed by atoms with van der Waals surface area (Å²) in [5, 5.41) is 2.64. The monoisotopic (exact) mass is 298 g/mol. The largest absolute Gasteiger partial charge is 0.0616 e. The topological polar surface area (TPSA) is 0 Å². The molecule has 1 aliphatic rings. The Kier molecular flexibility index (Phi) is 3.16. The van der Waals surface area contributed by atoms with Gasteiger partial charge in [0, 0.05) is 0 Å². The van der Waals surface area contributed by atoms with Crippen molar-refractivity contribution in [1.82, 2.24) is 0 Å². The molecule has 0 aliphatic heterocycles. The summed E-state index contributed by atoms with van der Waals surface area (Å²) in [5.74, 6) is 0. The van der Waals surface area contributed by atoms with Gasteiger partial charge in [0.1, 0.15) is 0 Å². The molecule has 0 aromatic heterocycles. The van der Waals surface area contributed by atoms with E-state index in [2.05, 4.69) is 87.5 Å². The maximum Gasteiger partial charge on any atom is -0.00523 e. The SMILES string of the molecule is CC(C)(C)C1=Cc2c(cccc2-c2cccc3ccccc23)C1. The third kappa shape index (κ3) is 2.39. The minimum Gasteiger partial charge on any atom is -0.0616 e. The van der Waals surface area contributed by atoms with Crippen LogP contribution in [0.25, 0.3) is 28.0 Å². The first-order chi connectivity index (χ1) is 11.0. The molecule has 0 heteroatoms. The normalized spacial score (nSPS) is 14.0. The van der Waals surface area contributed by atoms with Gasteiger partial charge in [0.05, 0.1) is 0 Å². The van der Waals surface area contributed by atoms with Crippen LogP contribution in [0.3, 0.4) is 0 Å². The van der Waals surface area contributed by atoms with Crippen LogP contribution in [0.4, 0.5) is 0 Å². The van der Waals surface area contributed by atoms with Gasteiger partial charge in [-0.25, -0.2) is 0 Å². The molecular formula is C23H22. The van der Waals surface area contributed by atoms with Crippen LogP contribution >= 0.6 is 0 Å². The maximum absolute atomic E-state index is 2.42. The van der Waals surface area contributed by atoms with E-state index in [-0.39, 0.29) is 5.41 Å². The predicted molar refractivity (Wildman–Crippen MR) is 101 cm³/mol. The van der Waals surface area contributed by atoms with E-state index in [1.807, 2.05) is 0 Å². The zero-order valence-corrected chi connectivity index (χ0v) is 14.1. The summed E-state index contributed by atoms with van der Waals surface area (Å²) < 4.78 is 0. The molecule has 23 heavy (non-hydrogen) atoms. The van der Waals surface area contributed by atoms with E-state index >= 15 is 0 Å². The van der Waals surface area contributed by atoms with Gasteiger partial charge in [-0.05, 0) is 44.9 Å². The molecule has 0 saturated carbocycles. The lowest BCUT2D eigenvalue weighted by molar-refractivity contribution is 0.498. The summed E-state index contributed by atoms with van der Waals surface area (Å²) in [6.07, 6.45) is 3.50. The van der Waals surface area contributed by atoms with Crippen LogP contribution in [0.1, 0.15) is 31.9 Å². The summed E-state index contributed by atoms with van der Waals surface area (Å²) in [6, 6.07) is 22.0. The number of fused-ring (bicyclic) bond motifs is 2. The fourth-order valence-electron chi connectivity index (χ4n) is 3.54. The Labute approximate surface area is 138 Å². The molecular weight excluding hydrogens is 276 g/mol. The molecule has 3 aromatic rings. The molecule has 0 radical (unpaired) electrons. The van der Waals surface area contributed by atoms with Crippen LogP contribution in [0.5, 0.6) is 0 Å². The lowest BCUT2D eigenvalue weighted by atomic mass is 9.85. The predicted octanol–water partition coefficient (Wildman–Crippen LogP) is 6.49. The van der Waals surface area contributed by atoms with Crippen LogP contribution in [0.15, 0.2) is 66.2 Å². The highest BCUT2D eigenvalue weighted by Gasteiger charge is 2.24. The highest BCUT2D eigenvalue weighted by molar-refractivity contribution is 5.99. The molecule has 3 aromatic carbocycles. The lowest BCUT2D eigenvalue weighted by Crippen LogP contribution is -2.08. The molecule has 0 amide bonds. The molecule has 0 N–H and O–H groups in total. The first-order valence-electron chi connectivity index (χ1n) is 8.35. The van der Waals surface area contributed by atoms with Gasteiger partial charge in [-0.2, -0.15) is 0 Å². The van der Waals surface area contributed by atoms with Crippen molar-refractivity contribution in [2.45, 2.75) is 27.2 Å². The van der Waals surface area contributed by atoms with Crippen molar-refractivity contribution < 1.29 is 0 Å². The van der Waals surface area contributed by atoms with Crippen LogP contribution in [-0.2, 0) is 6.42 Å².